The fourth-order valence-corrected chi connectivity index (χ4v) is 5.68. The van der Waals surface area contributed by atoms with Crippen molar-refractivity contribution >= 4 is 55.2 Å². The smallest absolute Gasteiger partial charge is 0.176 e. The van der Waals surface area contributed by atoms with Crippen LogP contribution in [0.1, 0.15) is 24.4 Å². The Morgan fingerprint density at radius 3 is 2.71 bits per heavy atom. The summed E-state index contributed by atoms with van der Waals surface area (Å²) in [6, 6.07) is 17.2. The fraction of sp³-hybridized carbons (Fsp3) is 0.207. The highest BCUT2D eigenvalue weighted by Crippen LogP contribution is 2.33. The van der Waals surface area contributed by atoms with E-state index in [0.29, 0.717) is 32.8 Å². The fourth-order valence-electron chi connectivity index (χ4n) is 3.97. The molecule has 0 amide bonds. The highest BCUT2D eigenvalue weighted by Gasteiger charge is 2.19. The van der Waals surface area contributed by atoms with Crippen molar-refractivity contribution in [2.75, 3.05) is 11.1 Å². The number of nitrogens with zero attached hydrogens (tertiary/aromatic N) is 3. The normalized spacial score (nSPS) is 12.4. The lowest BCUT2D eigenvalue weighted by Gasteiger charge is -2.12. The molecule has 1 N–H and O–H groups in total. The number of fused-ring (bicyclic) bond motifs is 1. The van der Waals surface area contributed by atoms with Crippen LogP contribution >= 0.6 is 22.9 Å². The van der Waals surface area contributed by atoms with Crippen molar-refractivity contribution < 1.29 is 22.3 Å². The van der Waals surface area contributed by atoms with E-state index in [0.717, 1.165) is 22.2 Å². The standard InChI is InChI=1S/C29H26ClFN4O4S2/c1-3-41(36,37)18(2)38-15-28-35-26(16-40-28)20-7-9-25-23(12-20)29(33-17-32-25)34-22-8-10-27(24(30)13-22)39-14-19-5-4-6-21(31)11-19/h4-13,16-18H,3,14-15H2,1-2H3,(H,32,33,34). The van der Waals surface area contributed by atoms with Gasteiger partial charge in [0, 0.05) is 27.8 Å². The largest absolute Gasteiger partial charge is 0.487 e. The molecule has 1 unspecified atom stereocenters. The van der Waals surface area contributed by atoms with Gasteiger partial charge in [-0.15, -0.1) is 11.3 Å². The van der Waals surface area contributed by atoms with Gasteiger partial charge in [-0.2, -0.15) is 0 Å². The zero-order valence-electron chi connectivity index (χ0n) is 22.2. The van der Waals surface area contributed by atoms with Crippen LogP contribution in [0.2, 0.25) is 5.02 Å². The summed E-state index contributed by atoms with van der Waals surface area (Å²) in [7, 11) is -3.28. The van der Waals surface area contributed by atoms with Gasteiger partial charge < -0.3 is 14.8 Å². The first-order valence-corrected chi connectivity index (χ1v) is 15.7. The maximum absolute atomic E-state index is 13.4. The van der Waals surface area contributed by atoms with Crippen LogP contribution < -0.4 is 10.1 Å². The molecule has 0 radical (unpaired) electrons. The van der Waals surface area contributed by atoms with Crippen molar-refractivity contribution in [3.8, 4) is 17.0 Å². The summed E-state index contributed by atoms with van der Waals surface area (Å²) >= 11 is 7.87. The summed E-state index contributed by atoms with van der Waals surface area (Å²) in [4.78, 5) is 13.4. The number of ether oxygens (including phenoxy) is 2. The number of nitrogens with one attached hydrogen (secondary N) is 1. The molecule has 0 spiro atoms. The third-order valence-electron chi connectivity index (χ3n) is 6.31. The van der Waals surface area contributed by atoms with Gasteiger partial charge in [-0.3, -0.25) is 0 Å². The third-order valence-corrected chi connectivity index (χ3v) is 9.38. The predicted octanol–water partition coefficient (Wildman–Crippen LogP) is 7.17. The summed E-state index contributed by atoms with van der Waals surface area (Å²) in [5, 5.41) is 7.05. The summed E-state index contributed by atoms with van der Waals surface area (Å²) in [5.74, 6) is 0.754. The molecule has 0 fully saturated rings. The van der Waals surface area contributed by atoms with Gasteiger partial charge in [0.1, 0.15) is 41.9 Å². The van der Waals surface area contributed by atoms with Crippen LogP contribution in [-0.4, -0.2) is 34.6 Å². The summed E-state index contributed by atoms with van der Waals surface area (Å²) < 4.78 is 48.7. The van der Waals surface area contributed by atoms with Gasteiger partial charge in [0.2, 0.25) is 0 Å². The summed E-state index contributed by atoms with van der Waals surface area (Å²) in [6.45, 7) is 3.42. The Labute approximate surface area is 246 Å². The molecule has 12 heteroatoms. The molecular formula is C29H26ClFN4O4S2. The predicted molar refractivity (Wildman–Crippen MR) is 160 cm³/mol. The van der Waals surface area contributed by atoms with Crippen LogP contribution in [0.4, 0.5) is 15.9 Å². The lowest BCUT2D eigenvalue weighted by Crippen LogP contribution is -2.22. The highest BCUT2D eigenvalue weighted by atomic mass is 35.5. The topological polar surface area (TPSA) is 103 Å². The molecule has 8 nitrogen and oxygen atoms in total. The Bertz CT molecular complexity index is 1800. The molecule has 5 aromatic rings. The third kappa shape index (κ3) is 6.99. The Kier molecular flexibility index (Phi) is 8.79. The zero-order valence-corrected chi connectivity index (χ0v) is 24.6. The molecule has 1 atom stereocenters. The van der Waals surface area contributed by atoms with Gasteiger partial charge >= 0.3 is 0 Å². The number of halogens is 2. The van der Waals surface area contributed by atoms with E-state index in [9.17, 15) is 12.8 Å². The molecule has 2 aromatic heterocycles. The first-order chi connectivity index (χ1) is 19.7. The number of hydrogen-bond donors (Lipinski definition) is 1. The quantitative estimate of drug-likeness (QED) is 0.167. The van der Waals surface area contributed by atoms with E-state index in [-0.39, 0.29) is 24.8 Å². The Morgan fingerprint density at radius 1 is 1.07 bits per heavy atom. The SMILES string of the molecule is CCS(=O)(=O)C(C)OCc1nc(-c2ccc3ncnc(Nc4ccc(OCc5cccc(F)c5)c(Cl)c4)c3c2)cs1. The molecular weight excluding hydrogens is 587 g/mol. The van der Waals surface area contributed by atoms with Crippen LogP contribution in [0.25, 0.3) is 22.2 Å². The van der Waals surface area contributed by atoms with E-state index in [4.69, 9.17) is 21.1 Å². The first-order valence-electron chi connectivity index (χ1n) is 12.7. The number of anilines is 2. The van der Waals surface area contributed by atoms with Crippen LogP contribution in [0.15, 0.2) is 72.4 Å². The Balaban J connectivity index is 1.31. The van der Waals surface area contributed by atoms with E-state index in [1.54, 1.807) is 31.2 Å². The highest BCUT2D eigenvalue weighted by molar-refractivity contribution is 7.91. The zero-order chi connectivity index (χ0) is 29.0. The van der Waals surface area contributed by atoms with Gasteiger partial charge in [-0.05, 0) is 55.0 Å². The lowest BCUT2D eigenvalue weighted by atomic mass is 10.1. The molecule has 41 heavy (non-hydrogen) atoms. The maximum Gasteiger partial charge on any atom is 0.176 e. The minimum atomic E-state index is -3.28. The van der Waals surface area contributed by atoms with Crippen molar-refractivity contribution in [3.05, 3.63) is 93.8 Å². The molecule has 0 saturated heterocycles. The molecule has 0 saturated carbocycles. The average Bonchev–Trinajstić information content (AvgIpc) is 3.44. The molecule has 0 bridgehead atoms. The number of hydrogen-bond acceptors (Lipinski definition) is 9. The van der Waals surface area contributed by atoms with Crippen molar-refractivity contribution in [3.63, 3.8) is 0 Å². The van der Waals surface area contributed by atoms with Gasteiger partial charge in [0.15, 0.2) is 15.3 Å². The molecule has 3 aromatic carbocycles. The van der Waals surface area contributed by atoms with E-state index < -0.39 is 15.3 Å². The molecule has 5 rings (SSSR count). The summed E-state index contributed by atoms with van der Waals surface area (Å²) in [6.07, 6.45) is 1.48. The van der Waals surface area contributed by atoms with Crippen molar-refractivity contribution in [1.82, 2.24) is 15.0 Å². The summed E-state index contributed by atoms with van der Waals surface area (Å²) in [5.41, 5.74) is 2.83. The van der Waals surface area contributed by atoms with E-state index in [1.807, 2.05) is 29.6 Å². The Hall–Kier alpha value is -3.64. The van der Waals surface area contributed by atoms with E-state index >= 15 is 0 Å². The average molecular weight is 613 g/mol. The molecule has 0 aliphatic heterocycles. The second-order valence-electron chi connectivity index (χ2n) is 9.10. The number of thiazole rings is 1. The number of aromatic nitrogens is 3. The second-order valence-corrected chi connectivity index (χ2v) is 13.0. The van der Waals surface area contributed by atoms with Gasteiger partial charge in [-0.1, -0.05) is 36.7 Å². The first kappa shape index (κ1) is 28.9. The molecule has 0 aliphatic rings. The number of rotatable bonds is 11. The maximum atomic E-state index is 13.4. The van der Waals surface area contributed by atoms with Crippen LogP contribution in [0.3, 0.4) is 0 Å². The molecule has 212 valence electrons. The Morgan fingerprint density at radius 2 is 1.93 bits per heavy atom. The van der Waals surface area contributed by atoms with Gasteiger partial charge in [-0.25, -0.2) is 27.8 Å². The van der Waals surface area contributed by atoms with Crippen LogP contribution in [-0.2, 0) is 27.8 Å². The van der Waals surface area contributed by atoms with Gasteiger partial charge in [0.25, 0.3) is 0 Å². The minimum Gasteiger partial charge on any atom is -0.487 e. The van der Waals surface area contributed by atoms with E-state index in [2.05, 4.69) is 20.3 Å². The van der Waals surface area contributed by atoms with Crippen LogP contribution in [0, 0.1) is 5.82 Å². The van der Waals surface area contributed by atoms with Crippen molar-refractivity contribution in [2.45, 2.75) is 32.5 Å². The monoisotopic (exact) mass is 612 g/mol. The van der Waals surface area contributed by atoms with Crippen LogP contribution in [0.5, 0.6) is 5.75 Å². The lowest BCUT2D eigenvalue weighted by molar-refractivity contribution is 0.103. The minimum absolute atomic E-state index is 0.0213. The van der Waals surface area contributed by atoms with E-state index in [1.165, 1.54) is 36.7 Å². The number of benzene rings is 3. The molecule has 2 heterocycles. The number of sulfone groups is 1. The van der Waals surface area contributed by atoms with Gasteiger partial charge in [0.05, 0.1) is 16.2 Å². The second kappa shape index (κ2) is 12.5. The molecule has 0 aliphatic carbocycles. The van der Waals surface area contributed by atoms with Crippen molar-refractivity contribution in [2.24, 2.45) is 0 Å². The van der Waals surface area contributed by atoms with Crippen molar-refractivity contribution in [1.29, 1.82) is 0 Å².